The Morgan fingerprint density at radius 3 is 2.52 bits per heavy atom. The molecule has 0 aliphatic rings. The van der Waals surface area contributed by atoms with Gasteiger partial charge in [-0.25, -0.2) is 0 Å². The van der Waals surface area contributed by atoms with Crippen molar-refractivity contribution in [2.24, 2.45) is 0 Å². The average Bonchev–Trinajstić information content (AvgIpc) is 2.42. The molecule has 0 bridgehead atoms. The molecule has 3 N–H and O–H groups in total. The third-order valence-corrected chi connectivity index (χ3v) is 3.26. The molecule has 0 saturated carbocycles. The minimum Gasteiger partial charge on any atom is -0.484 e. The Kier molecular flexibility index (Phi) is 4.70. The zero-order chi connectivity index (χ0) is 15.4. The highest BCUT2D eigenvalue weighted by Crippen LogP contribution is 2.28. The molecule has 0 aliphatic heterocycles. The van der Waals surface area contributed by atoms with Crippen molar-refractivity contribution in [2.75, 3.05) is 17.7 Å². The molecule has 2 aromatic carbocycles. The standard InChI is InChI=1S/C16H17ClN2O2/c1-10-3-5-13(6-4-10)21-9-15(20)19-16-11(2)7-12(18)8-14(16)17/h3-8H,9,18H2,1-2H3,(H,19,20). The van der Waals surface area contributed by atoms with Gasteiger partial charge in [0.15, 0.2) is 6.61 Å². The zero-order valence-electron chi connectivity index (χ0n) is 11.9. The maximum Gasteiger partial charge on any atom is 0.262 e. The van der Waals surface area contributed by atoms with Gasteiger partial charge in [0, 0.05) is 5.69 Å². The first kappa shape index (κ1) is 15.2. The van der Waals surface area contributed by atoms with Gasteiger partial charge in [-0.3, -0.25) is 4.79 Å². The molecule has 0 aromatic heterocycles. The van der Waals surface area contributed by atoms with Crippen molar-refractivity contribution in [3.05, 3.63) is 52.5 Å². The van der Waals surface area contributed by atoms with E-state index in [9.17, 15) is 4.79 Å². The van der Waals surface area contributed by atoms with Crippen molar-refractivity contribution in [1.29, 1.82) is 0 Å². The highest BCUT2D eigenvalue weighted by Gasteiger charge is 2.10. The fourth-order valence-corrected chi connectivity index (χ4v) is 2.21. The molecule has 0 fully saturated rings. The normalized spacial score (nSPS) is 10.2. The summed E-state index contributed by atoms with van der Waals surface area (Å²) in [7, 11) is 0. The Bertz CT molecular complexity index is 631. The number of hydrogen-bond donors (Lipinski definition) is 2. The van der Waals surface area contributed by atoms with Gasteiger partial charge in [0.2, 0.25) is 0 Å². The van der Waals surface area contributed by atoms with Crippen LogP contribution < -0.4 is 15.8 Å². The van der Waals surface area contributed by atoms with Gasteiger partial charge >= 0.3 is 0 Å². The Hall–Kier alpha value is -2.20. The van der Waals surface area contributed by atoms with Crippen molar-refractivity contribution >= 4 is 28.9 Å². The lowest BCUT2D eigenvalue weighted by Crippen LogP contribution is -2.21. The average molecular weight is 305 g/mol. The lowest BCUT2D eigenvalue weighted by Gasteiger charge is -2.12. The van der Waals surface area contributed by atoms with Gasteiger partial charge in [-0.1, -0.05) is 29.3 Å². The molecule has 0 heterocycles. The van der Waals surface area contributed by atoms with E-state index in [4.69, 9.17) is 22.1 Å². The van der Waals surface area contributed by atoms with Crippen molar-refractivity contribution in [3.63, 3.8) is 0 Å². The van der Waals surface area contributed by atoms with Gasteiger partial charge in [-0.2, -0.15) is 0 Å². The molecule has 0 saturated heterocycles. The van der Waals surface area contributed by atoms with E-state index in [1.54, 1.807) is 12.1 Å². The summed E-state index contributed by atoms with van der Waals surface area (Å²) in [6.07, 6.45) is 0. The van der Waals surface area contributed by atoms with Crippen molar-refractivity contribution in [2.45, 2.75) is 13.8 Å². The summed E-state index contributed by atoms with van der Waals surface area (Å²) in [5, 5.41) is 3.15. The van der Waals surface area contributed by atoms with Crippen LogP contribution in [0.4, 0.5) is 11.4 Å². The second kappa shape index (κ2) is 6.50. The van der Waals surface area contributed by atoms with Gasteiger partial charge < -0.3 is 15.8 Å². The largest absolute Gasteiger partial charge is 0.484 e. The van der Waals surface area contributed by atoms with Crippen molar-refractivity contribution < 1.29 is 9.53 Å². The summed E-state index contributed by atoms with van der Waals surface area (Å²) in [6, 6.07) is 10.9. The molecule has 0 spiro atoms. The smallest absolute Gasteiger partial charge is 0.262 e. The Morgan fingerprint density at radius 2 is 1.90 bits per heavy atom. The summed E-state index contributed by atoms with van der Waals surface area (Å²) in [5.41, 5.74) is 8.75. The predicted molar refractivity (Wildman–Crippen MR) is 85.9 cm³/mol. The first-order valence-corrected chi connectivity index (χ1v) is 6.88. The van der Waals surface area contributed by atoms with Gasteiger partial charge in [0.05, 0.1) is 10.7 Å². The monoisotopic (exact) mass is 304 g/mol. The number of amides is 1. The SMILES string of the molecule is Cc1ccc(OCC(=O)Nc2c(C)cc(N)cc2Cl)cc1. The second-order valence-electron chi connectivity index (χ2n) is 4.84. The fourth-order valence-electron chi connectivity index (χ4n) is 1.89. The number of carbonyl (C=O) groups is 1. The van der Waals surface area contributed by atoms with Crippen molar-refractivity contribution in [1.82, 2.24) is 0 Å². The number of carbonyl (C=O) groups excluding carboxylic acids is 1. The minimum atomic E-state index is -0.273. The molecule has 21 heavy (non-hydrogen) atoms. The van der Waals surface area contributed by atoms with Crippen LogP contribution in [0.15, 0.2) is 36.4 Å². The molecular weight excluding hydrogens is 288 g/mol. The number of nitrogen functional groups attached to an aromatic ring is 1. The highest BCUT2D eigenvalue weighted by molar-refractivity contribution is 6.34. The number of benzene rings is 2. The predicted octanol–water partition coefficient (Wildman–Crippen LogP) is 3.56. The Balaban J connectivity index is 1.97. The van der Waals surface area contributed by atoms with E-state index in [-0.39, 0.29) is 12.5 Å². The van der Waals surface area contributed by atoms with Crippen LogP contribution in [0.1, 0.15) is 11.1 Å². The number of ether oxygens (including phenoxy) is 1. The summed E-state index contributed by atoms with van der Waals surface area (Å²) in [5.74, 6) is 0.376. The van der Waals surface area contributed by atoms with Crippen LogP contribution in [0.25, 0.3) is 0 Å². The summed E-state index contributed by atoms with van der Waals surface area (Å²) in [4.78, 5) is 11.9. The summed E-state index contributed by atoms with van der Waals surface area (Å²) in [6.45, 7) is 3.74. The number of nitrogens with one attached hydrogen (secondary N) is 1. The number of aryl methyl sites for hydroxylation is 2. The molecule has 110 valence electrons. The van der Waals surface area contributed by atoms with E-state index in [1.807, 2.05) is 38.1 Å². The topological polar surface area (TPSA) is 64.3 Å². The third kappa shape index (κ3) is 4.13. The highest BCUT2D eigenvalue weighted by atomic mass is 35.5. The van der Waals surface area contributed by atoms with E-state index >= 15 is 0 Å². The lowest BCUT2D eigenvalue weighted by atomic mass is 10.2. The maximum atomic E-state index is 11.9. The molecular formula is C16H17ClN2O2. The van der Waals surface area contributed by atoms with Crippen LogP contribution in [0.5, 0.6) is 5.75 Å². The summed E-state index contributed by atoms with van der Waals surface area (Å²) < 4.78 is 5.42. The molecule has 4 nitrogen and oxygen atoms in total. The molecule has 0 unspecified atom stereocenters. The molecule has 5 heteroatoms. The molecule has 2 aromatic rings. The van der Waals surface area contributed by atoms with Crippen LogP contribution in [0.3, 0.4) is 0 Å². The van der Waals surface area contributed by atoms with Gasteiger partial charge in [0.25, 0.3) is 5.91 Å². The van der Waals surface area contributed by atoms with Crippen LogP contribution >= 0.6 is 11.6 Å². The van der Waals surface area contributed by atoms with Crippen LogP contribution in [-0.4, -0.2) is 12.5 Å². The lowest BCUT2D eigenvalue weighted by molar-refractivity contribution is -0.118. The molecule has 0 atom stereocenters. The number of anilines is 2. The zero-order valence-corrected chi connectivity index (χ0v) is 12.7. The fraction of sp³-hybridized carbons (Fsp3) is 0.188. The van der Waals surface area contributed by atoms with Crippen LogP contribution in [0, 0.1) is 13.8 Å². The Morgan fingerprint density at radius 1 is 1.24 bits per heavy atom. The number of hydrogen-bond acceptors (Lipinski definition) is 3. The number of halogens is 1. The molecule has 0 aliphatic carbocycles. The third-order valence-electron chi connectivity index (χ3n) is 2.97. The Labute approximate surface area is 128 Å². The van der Waals surface area contributed by atoms with Gasteiger partial charge in [-0.15, -0.1) is 0 Å². The number of rotatable bonds is 4. The summed E-state index contributed by atoms with van der Waals surface area (Å²) >= 11 is 6.08. The molecule has 1 amide bonds. The molecule has 2 rings (SSSR count). The van der Waals surface area contributed by atoms with E-state index < -0.39 is 0 Å². The van der Waals surface area contributed by atoms with Crippen LogP contribution in [0.2, 0.25) is 5.02 Å². The van der Waals surface area contributed by atoms with E-state index in [2.05, 4.69) is 5.32 Å². The van der Waals surface area contributed by atoms with Gasteiger partial charge in [-0.05, 0) is 43.7 Å². The number of nitrogens with two attached hydrogens (primary N) is 1. The first-order chi connectivity index (χ1) is 9.95. The van der Waals surface area contributed by atoms with Crippen LogP contribution in [-0.2, 0) is 4.79 Å². The first-order valence-electron chi connectivity index (χ1n) is 6.50. The van der Waals surface area contributed by atoms with Crippen molar-refractivity contribution in [3.8, 4) is 5.75 Å². The second-order valence-corrected chi connectivity index (χ2v) is 5.25. The molecule has 0 radical (unpaired) electrons. The van der Waals surface area contributed by atoms with E-state index in [0.717, 1.165) is 11.1 Å². The minimum absolute atomic E-state index is 0.0802. The van der Waals surface area contributed by atoms with E-state index in [1.165, 1.54) is 0 Å². The van der Waals surface area contributed by atoms with E-state index in [0.29, 0.717) is 22.1 Å². The quantitative estimate of drug-likeness (QED) is 0.849. The maximum absolute atomic E-state index is 11.9. The van der Waals surface area contributed by atoms with Gasteiger partial charge in [0.1, 0.15) is 5.75 Å².